The summed E-state index contributed by atoms with van der Waals surface area (Å²) in [6.07, 6.45) is 4.47. The predicted molar refractivity (Wildman–Crippen MR) is 190 cm³/mol. The lowest BCUT2D eigenvalue weighted by Gasteiger charge is -2.17. The maximum atomic E-state index is 14.3. The van der Waals surface area contributed by atoms with Crippen molar-refractivity contribution >= 4 is 21.8 Å². The molecule has 3 heterocycles. The van der Waals surface area contributed by atoms with Gasteiger partial charge in [-0.1, -0.05) is 51.1 Å². The molecule has 7 rings (SSSR count). The number of ether oxygens (including phenoxy) is 1. The van der Waals surface area contributed by atoms with Crippen LogP contribution in [0, 0.1) is 26.6 Å². The van der Waals surface area contributed by atoms with Crippen molar-refractivity contribution in [3.63, 3.8) is 0 Å². The fourth-order valence-corrected chi connectivity index (χ4v) is 7.00. The molecule has 0 N–H and O–H groups in total. The van der Waals surface area contributed by atoms with E-state index in [1.54, 1.807) is 0 Å². The first-order valence-electron chi connectivity index (χ1n) is 16.5. The zero-order valence-corrected chi connectivity index (χ0v) is 27.9. The first-order valence-corrected chi connectivity index (χ1v) is 16.5. The highest BCUT2D eigenvalue weighted by Gasteiger charge is 2.21. The number of benzene rings is 4. The maximum absolute atomic E-state index is 14.3. The van der Waals surface area contributed by atoms with Gasteiger partial charge in [0.2, 0.25) is 0 Å². The molecule has 6 heteroatoms. The van der Waals surface area contributed by atoms with Crippen molar-refractivity contribution in [1.29, 1.82) is 0 Å². The number of aryl methyl sites for hydroxylation is 5. The highest BCUT2D eigenvalue weighted by molar-refractivity contribution is 6.09. The Morgan fingerprint density at radius 2 is 1.45 bits per heavy atom. The van der Waals surface area contributed by atoms with Crippen molar-refractivity contribution in [3.05, 3.63) is 131 Å². The first-order chi connectivity index (χ1) is 22.8. The Morgan fingerprint density at radius 1 is 0.702 bits per heavy atom. The Bertz CT molecular complexity index is 2270. The van der Waals surface area contributed by atoms with E-state index in [1.165, 1.54) is 46.1 Å². The summed E-state index contributed by atoms with van der Waals surface area (Å²) in [6, 6.07) is 27.9. The predicted octanol–water partition coefficient (Wildman–Crippen LogP) is 10.6. The molecule has 0 radical (unpaired) electrons. The largest absolute Gasteiger partial charge is 0.457 e. The fraction of sp³-hybridized carbons (Fsp3) is 0.220. The SMILES string of the molecule is CCc1cc(CC)c(-c2c(C)nn(-c3cc(C)cc(Oc4ccc5c6ccccc6n(-c6cc(F)ccn6)c5c4)c3)c2C)c(CC)c1. The van der Waals surface area contributed by atoms with Gasteiger partial charge in [0.1, 0.15) is 23.1 Å². The summed E-state index contributed by atoms with van der Waals surface area (Å²) >= 11 is 0. The number of hydrogen-bond donors (Lipinski definition) is 0. The van der Waals surface area contributed by atoms with Crippen LogP contribution in [-0.4, -0.2) is 19.3 Å². The van der Waals surface area contributed by atoms with E-state index in [0.29, 0.717) is 11.6 Å². The molecule has 5 nitrogen and oxygen atoms in total. The third kappa shape index (κ3) is 5.38. The molecule has 7 aromatic rings. The van der Waals surface area contributed by atoms with Crippen molar-refractivity contribution < 1.29 is 9.13 Å². The summed E-state index contributed by atoms with van der Waals surface area (Å²) < 4.78 is 24.9. The highest BCUT2D eigenvalue weighted by Crippen LogP contribution is 2.38. The summed E-state index contributed by atoms with van der Waals surface area (Å²) in [5, 5.41) is 7.19. The van der Waals surface area contributed by atoms with Gasteiger partial charge < -0.3 is 4.74 Å². The Labute approximate surface area is 275 Å². The third-order valence-corrected chi connectivity index (χ3v) is 9.17. The van der Waals surface area contributed by atoms with Crippen LogP contribution in [0.25, 0.3) is 44.4 Å². The van der Waals surface area contributed by atoms with Crippen LogP contribution in [0.2, 0.25) is 0 Å². The molecule has 0 aliphatic carbocycles. The molecule has 0 saturated carbocycles. The van der Waals surface area contributed by atoms with Crippen molar-refractivity contribution in [3.8, 4) is 34.1 Å². The van der Waals surface area contributed by atoms with Gasteiger partial charge in [-0.3, -0.25) is 4.57 Å². The molecular formula is C41H39FN4O. The second kappa shape index (κ2) is 12.2. The average Bonchev–Trinajstić information content (AvgIpc) is 3.56. The minimum atomic E-state index is -0.331. The van der Waals surface area contributed by atoms with E-state index in [-0.39, 0.29) is 5.82 Å². The number of para-hydroxylation sites is 1. The van der Waals surface area contributed by atoms with Gasteiger partial charge in [-0.15, -0.1) is 0 Å². The van der Waals surface area contributed by atoms with Crippen LogP contribution in [0.4, 0.5) is 4.39 Å². The van der Waals surface area contributed by atoms with Crippen molar-refractivity contribution in [2.45, 2.75) is 60.8 Å². The van der Waals surface area contributed by atoms with Crippen LogP contribution in [0.5, 0.6) is 11.5 Å². The molecule has 3 aromatic heterocycles. The summed E-state index contributed by atoms with van der Waals surface area (Å²) in [5.74, 6) is 1.59. The Kier molecular flexibility index (Phi) is 7.88. The topological polar surface area (TPSA) is 44.9 Å². The van der Waals surface area contributed by atoms with Crippen molar-refractivity contribution in [1.82, 2.24) is 19.3 Å². The van der Waals surface area contributed by atoms with Gasteiger partial charge in [-0.25, -0.2) is 14.1 Å². The van der Waals surface area contributed by atoms with Crippen LogP contribution in [0.3, 0.4) is 0 Å². The molecule has 0 amide bonds. The van der Waals surface area contributed by atoms with Gasteiger partial charge in [-0.05, 0) is 104 Å². The van der Waals surface area contributed by atoms with Gasteiger partial charge in [0.25, 0.3) is 0 Å². The molecule has 0 atom stereocenters. The lowest BCUT2D eigenvalue weighted by molar-refractivity contribution is 0.482. The quantitative estimate of drug-likeness (QED) is 0.169. The van der Waals surface area contributed by atoms with Gasteiger partial charge in [-0.2, -0.15) is 5.10 Å². The molecular weight excluding hydrogens is 583 g/mol. The zero-order valence-electron chi connectivity index (χ0n) is 27.9. The standard InChI is InChI=1S/C41H39FN4O/c1-7-28-20-29(8-2)41(30(9-3)21-28)40-26(5)44-46(27(40)6)32-18-25(4)19-34(23-32)47-33-14-15-36-35-12-10-11-13-37(35)45(38(36)24-33)39-22-31(42)16-17-43-39/h10-24H,7-9H2,1-6H3. The molecule has 0 unspecified atom stereocenters. The molecule has 0 bridgehead atoms. The van der Waals surface area contributed by atoms with Gasteiger partial charge in [0, 0.05) is 46.4 Å². The number of hydrogen-bond acceptors (Lipinski definition) is 3. The van der Waals surface area contributed by atoms with Crippen molar-refractivity contribution in [2.24, 2.45) is 0 Å². The van der Waals surface area contributed by atoms with E-state index in [1.807, 2.05) is 51.7 Å². The molecule has 0 aliphatic heterocycles. The van der Waals surface area contributed by atoms with E-state index in [0.717, 1.165) is 69.5 Å². The molecule has 0 fully saturated rings. The molecule has 236 valence electrons. The lowest BCUT2D eigenvalue weighted by Crippen LogP contribution is -2.02. The number of halogens is 1. The van der Waals surface area contributed by atoms with Crippen molar-refractivity contribution in [2.75, 3.05) is 0 Å². The zero-order chi connectivity index (χ0) is 32.8. The second-order valence-electron chi connectivity index (χ2n) is 12.3. The highest BCUT2D eigenvalue weighted by atomic mass is 19.1. The maximum Gasteiger partial charge on any atom is 0.140 e. The molecule has 47 heavy (non-hydrogen) atoms. The van der Waals surface area contributed by atoms with Gasteiger partial charge in [0.15, 0.2) is 0 Å². The third-order valence-electron chi connectivity index (χ3n) is 9.17. The van der Waals surface area contributed by atoms with Crippen LogP contribution >= 0.6 is 0 Å². The van der Waals surface area contributed by atoms with E-state index in [4.69, 9.17) is 9.84 Å². The summed E-state index contributed by atoms with van der Waals surface area (Å²) in [5.41, 5.74) is 12.7. The fourth-order valence-electron chi connectivity index (χ4n) is 7.00. The van der Waals surface area contributed by atoms with E-state index < -0.39 is 0 Å². The number of nitrogens with zero attached hydrogens (tertiary/aromatic N) is 4. The molecule has 0 saturated heterocycles. The number of aromatic nitrogens is 4. The van der Waals surface area contributed by atoms with Crippen LogP contribution in [-0.2, 0) is 19.3 Å². The lowest BCUT2D eigenvalue weighted by atomic mass is 9.88. The normalized spacial score (nSPS) is 11.6. The monoisotopic (exact) mass is 622 g/mol. The number of rotatable bonds is 8. The summed E-state index contributed by atoms with van der Waals surface area (Å²) in [7, 11) is 0. The van der Waals surface area contributed by atoms with Gasteiger partial charge in [0.05, 0.1) is 22.4 Å². The van der Waals surface area contributed by atoms with Crippen LogP contribution in [0.15, 0.2) is 91.1 Å². The Hall–Kier alpha value is -5.23. The Balaban J connectivity index is 1.31. The minimum absolute atomic E-state index is 0.331. The summed E-state index contributed by atoms with van der Waals surface area (Å²) in [4.78, 5) is 4.49. The summed E-state index contributed by atoms with van der Waals surface area (Å²) in [6.45, 7) is 13.1. The number of pyridine rings is 1. The first kappa shape index (κ1) is 30.4. The van der Waals surface area contributed by atoms with Crippen LogP contribution < -0.4 is 4.74 Å². The second-order valence-corrected chi connectivity index (χ2v) is 12.3. The minimum Gasteiger partial charge on any atom is -0.457 e. The van der Waals surface area contributed by atoms with E-state index in [2.05, 4.69) is 76.9 Å². The number of fused-ring (bicyclic) bond motifs is 3. The molecule has 4 aromatic carbocycles. The van der Waals surface area contributed by atoms with E-state index in [9.17, 15) is 4.39 Å². The smallest absolute Gasteiger partial charge is 0.140 e. The van der Waals surface area contributed by atoms with E-state index >= 15 is 0 Å². The average molecular weight is 623 g/mol. The Morgan fingerprint density at radius 3 is 2.17 bits per heavy atom. The van der Waals surface area contributed by atoms with Crippen LogP contribution in [0.1, 0.15) is 54.4 Å². The van der Waals surface area contributed by atoms with Gasteiger partial charge >= 0.3 is 0 Å². The molecule has 0 spiro atoms. The molecule has 0 aliphatic rings.